The number of piperazine rings is 1. The van der Waals surface area contributed by atoms with Crippen LogP contribution in [-0.4, -0.2) is 45.6 Å². The SMILES string of the molecule is Cc1[nH]nc2ncc(C(=O)N3CCNCC3c3cccc(F)c3)cc12.Cl.Cl. The largest absolute Gasteiger partial charge is 0.329 e. The average Bonchev–Trinajstić information content (AvgIpc) is 3.01. The molecule has 1 atom stereocenters. The number of nitrogens with one attached hydrogen (secondary N) is 2. The molecule has 0 saturated carbocycles. The molecule has 1 unspecified atom stereocenters. The maximum absolute atomic E-state index is 13.6. The number of halogens is 3. The number of aromatic nitrogens is 3. The van der Waals surface area contributed by atoms with E-state index in [2.05, 4.69) is 20.5 Å². The Morgan fingerprint density at radius 1 is 1.30 bits per heavy atom. The van der Waals surface area contributed by atoms with Gasteiger partial charge in [-0.15, -0.1) is 24.8 Å². The van der Waals surface area contributed by atoms with Crippen molar-refractivity contribution >= 4 is 41.8 Å². The molecule has 1 fully saturated rings. The highest BCUT2D eigenvalue weighted by atomic mass is 35.5. The van der Waals surface area contributed by atoms with Crippen LogP contribution in [0.5, 0.6) is 0 Å². The van der Waals surface area contributed by atoms with Crippen LogP contribution in [-0.2, 0) is 0 Å². The second-order valence-electron chi connectivity index (χ2n) is 6.22. The Labute approximate surface area is 168 Å². The van der Waals surface area contributed by atoms with Gasteiger partial charge >= 0.3 is 0 Å². The molecule has 2 N–H and O–H groups in total. The molecular weight excluding hydrogens is 392 g/mol. The molecule has 9 heteroatoms. The first kappa shape index (κ1) is 21.1. The molecule has 0 bridgehead atoms. The molecule has 0 radical (unpaired) electrons. The van der Waals surface area contributed by atoms with Crippen LogP contribution in [0.4, 0.5) is 4.39 Å². The van der Waals surface area contributed by atoms with Gasteiger partial charge in [0.25, 0.3) is 5.91 Å². The van der Waals surface area contributed by atoms with Crippen molar-refractivity contribution in [2.75, 3.05) is 19.6 Å². The molecule has 1 aliphatic rings. The van der Waals surface area contributed by atoms with Crippen molar-refractivity contribution in [2.24, 2.45) is 0 Å². The Kier molecular flexibility index (Phi) is 6.75. The fourth-order valence-electron chi connectivity index (χ4n) is 3.26. The first-order valence-electron chi connectivity index (χ1n) is 8.21. The lowest BCUT2D eigenvalue weighted by molar-refractivity contribution is 0.0633. The number of carbonyl (C=O) groups excluding carboxylic acids is 1. The summed E-state index contributed by atoms with van der Waals surface area (Å²) in [5, 5.41) is 11.1. The van der Waals surface area contributed by atoms with Crippen LogP contribution in [0.1, 0.15) is 27.7 Å². The fraction of sp³-hybridized carbons (Fsp3) is 0.278. The maximum Gasteiger partial charge on any atom is 0.256 e. The van der Waals surface area contributed by atoms with E-state index in [0.29, 0.717) is 30.8 Å². The van der Waals surface area contributed by atoms with E-state index in [1.54, 1.807) is 17.2 Å². The number of hydrogen-bond donors (Lipinski definition) is 2. The fourth-order valence-corrected chi connectivity index (χ4v) is 3.26. The van der Waals surface area contributed by atoms with Crippen LogP contribution in [0.2, 0.25) is 0 Å². The van der Waals surface area contributed by atoms with E-state index >= 15 is 0 Å². The monoisotopic (exact) mass is 411 g/mol. The zero-order valence-corrected chi connectivity index (χ0v) is 16.2. The molecule has 1 aromatic carbocycles. The number of fused-ring (bicyclic) bond motifs is 1. The van der Waals surface area contributed by atoms with Gasteiger partial charge in [0.15, 0.2) is 5.65 Å². The molecule has 6 nitrogen and oxygen atoms in total. The van der Waals surface area contributed by atoms with Crippen LogP contribution >= 0.6 is 24.8 Å². The summed E-state index contributed by atoms with van der Waals surface area (Å²) < 4.78 is 13.6. The summed E-state index contributed by atoms with van der Waals surface area (Å²) in [4.78, 5) is 19.1. The molecular formula is C18H20Cl2FN5O. The van der Waals surface area contributed by atoms with E-state index in [0.717, 1.165) is 16.6 Å². The van der Waals surface area contributed by atoms with Gasteiger partial charge in [-0.1, -0.05) is 12.1 Å². The van der Waals surface area contributed by atoms with Crippen LogP contribution in [0.15, 0.2) is 36.5 Å². The Hall–Kier alpha value is -2.22. The Bertz CT molecular complexity index is 948. The van der Waals surface area contributed by atoms with Gasteiger partial charge in [0.2, 0.25) is 0 Å². The van der Waals surface area contributed by atoms with Gasteiger partial charge < -0.3 is 10.2 Å². The minimum Gasteiger partial charge on any atom is -0.329 e. The van der Waals surface area contributed by atoms with Crippen LogP contribution < -0.4 is 5.32 Å². The van der Waals surface area contributed by atoms with Gasteiger partial charge in [-0.3, -0.25) is 9.89 Å². The zero-order chi connectivity index (χ0) is 17.4. The third-order valence-electron chi connectivity index (χ3n) is 4.58. The van der Waals surface area contributed by atoms with Gasteiger partial charge in [-0.2, -0.15) is 5.10 Å². The Morgan fingerprint density at radius 3 is 2.89 bits per heavy atom. The second kappa shape index (κ2) is 8.65. The number of H-pyrrole nitrogens is 1. The van der Waals surface area contributed by atoms with Crippen molar-refractivity contribution in [3.63, 3.8) is 0 Å². The van der Waals surface area contributed by atoms with E-state index in [1.807, 2.05) is 19.1 Å². The van der Waals surface area contributed by atoms with Crippen molar-refractivity contribution in [2.45, 2.75) is 13.0 Å². The molecule has 144 valence electrons. The molecule has 3 aromatic rings. The smallest absolute Gasteiger partial charge is 0.256 e. The van der Waals surface area contributed by atoms with Crippen molar-refractivity contribution < 1.29 is 9.18 Å². The number of hydrogen-bond acceptors (Lipinski definition) is 4. The number of benzene rings is 1. The van der Waals surface area contributed by atoms with Gasteiger partial charge in [-0.05, 0) is 30.7 Å². The predicted octanol–water partition coefficient (Wildman–Crippen LogP) is 3.04. The molecule has 4 rings (SSSR count). The summed E-state index contributed by atoms with van der Waals surface area (Å²) in [6.45, 7) is 3.75. The number of pyridine rings is 1. The minimum absolute atomic E-state index is 0. The summed E-state index contributed by atoms with van der Waals surface area (Å²) in [5.41, 5.74) is 2.77. The van der Waals surface area contributed by atoms with Crippen LogP contribution in [0.25, 0.3) is 11.0 Å². The van der Waals surface area contributed by atoms with Gasteiger partial charge in [0.1, 0.15) is 5.82 Å². The quantitative estimate of drug-likeness (QED) is 0.679. The van der Waals surface area contributed by atoms with E-state index in [-0.39, 0.29) is 42.6 Å². The zero-order valence-electron chi connectivity index (χ0n) is 14.6. The molecule has 3 heterocycles. The van der Waals surface area contributed by atoms with Crippen molar-refractivity contribution in [1.29, 1.82) is 0 Å². The number of carbonyl (C=O) groups is 1. The highest BCUT2D eigenvalue weighted by Gasteiger charge is 2.29. The molecule has 1 aliphatic heterocycles. The first-order valence-corrected chi connectivity index (χ1v) is 8.21. The number of aryl methyl sites for hydroxylation is 1. The van der Waals surface area contributed by atoms with E-state index in [1.165, 1.54) is 12.1 Å². The lowest BCUT2D eigenvalue weighted by Gasteiger charge is -2.36. The highest BCUT2D eigenvalue weighted by Crippen LogP contribution is 2.25. The first-order chi connectivity index (χ1) is 12.1. The maximum atomic E-state index is 13.6. The topological polar surface area (TPSA) is 73.9 Å². The van der Waals surface area contributed by atoms with Crippen LogP contribution in [0.3, 0.4) is 0 Å². The molecule has 27 heavy (non-hydrogen) atoms. The summed E-state index contributed by atoms with van der Waals surface area (Å²) in [7, 11) is 0. The lowest BCUT2D eigenvalue weighted by Crippen LogP contribution is -2.48. The van der Waals surface area contributed by atoms with Crippen molar-refractivity contribution in [3.05, 3.63) is 59.2 Å². The lowest BCUT2D eigenvalue weighted by atomic mass is 10.0. The van der Waals surface area contributed by atoms with E-state index < -0.39 is 0 Å². The van der Waals surface area contributed by atoms with Gasteiger partial charge in [0.05, 0.1) is 11.6 Å². The van der Waals surface area contributed by atoms with Gasteiger partial charge in [0, 0.05) is 36.9 Å². The predicted molar refractivity (Wildman–Crippen MR) is 106 cm³/mol. The Morgan fingerprint density at radius 2 is 2.11 bits per heavy atom. The van der Waals surface area contributed by atoms with Crippen LogP contribution in [0, 0.1) is 12.7 Å². The highest BCUT2D eigenvalue weighted by molar-refractivity contribution is 5.97. The summed E-state index contributed by atoms with van der Waals surface area (Å²) in [6.07, 6.45) is 1.55. The third kappa shape index (κ3) is 4.05. The summed E-state index contributed by atoms with van der Waals surface area (Å²) in [5.74, 6) is -0.404. The number of amides is 1. The second-order valence-corrected chi connectivity index (χ2v) is 6.22. The number of nitrogens with zero attached hydrogens (tertiary/aromatic N) is 3. The van der Waals surface area contributed by atoms with Crippen molar-refractivity contribution in [1.82, 2.24) is 25.4 Å². The molecule has 1 amide bonds. The molecule has 1 saturated heterocycles. The Balaban J connectivity index is 0.00000131. The van der Waals surface area contributed by atoms with E-state index in [9.17, 15) is 9.18 Å². The number of rotatable bonds is 2. The average molecular weight is 412 g/mol. The third-order valence-corrected chi connectivity index (χ3v) is 4.58. The van der Waals surface area contributed by atoms with Crippen molar-refractivity contribution in [3.8, 4) is 0 Å². The van der Waals surface area contributed by atoms with Gasteiger partial charge in [-0.25, -0.2) is 9.37 Å². The molecule has 0 aliphatic carbocycles. The number of aromatic amines is 1. The van der Waals surface area contributed by atoms with E-state index in [4.69, 9.17) is 0 Å². The minimum atomic E-state index is -0.299. The molecule has 0 spiro atoms. The molecule has 2 aromatic heterocycles. The standard InChI is InChI=1S/C18H18FN5O.2ClH/c1-11-15-8-13(9-21-17(15)23-22-11)18(25)24-6-5-20-10-16(24)12-3-2-4-14(19)7-12;;/h2-4,7-9,16,20H,5-6,10H2,1H3,(H,21,22,23);2*1H. The normalized spacial score (nSPS) is 16.5. The summed E-state index contributed by atoms with van der Waals surface area (Å²) in [6, 6.07) is 8.02. The summed E-state index contributed by atoms with van der Waals surface area (Å²) >= 11 is 0.